The van der Waals surface area contributed by atoms with Crippen molar-refractivity contribution in [2.75, 3.05) is 19.6 Å². The van der Waals surface area contributed by atoms with E-state index in [0.717, 1.165) is 30.5 Å². The highest BCUT2D eigenvalue weighted by Gasteiger charge is 2.29. The van der Waals surface area contributed by atoms with Crippen LogP contribution in [-0.4, -0.2) is 44.9 Å². The average molecular weight is 474 g/mol. The van der Waals surface area contributed by atoms with Gasteiger partial charge in [0.05, 0.1) is 17.5 Å². The van der Waals surface area contributed by atoms with Crippen LogP contribution in [0.15, 0.2) is 59.5 Å². The van der Waals surface area contributed by atoms with Gasteiger partial charge >= 0.3 is 0 Å². The predicted molar refractivity (Wildman–Crippen MR) is 125 cm³/mol. The summed E-state index contributed by atoms with van der Waals surface area (Å²) < 4.78 is 40.9. The van der Waals surface area contributed by atoms with Gasteiger partial charge in [0.25, 0.3) is 0 Å². The summed E-state index contributed by atoms with van der Waals surface area (Å²) in [7, 11) is -3.69. The lowest BCUT2D eigenvalue weighted by Gasteiger charge is -2.32. The number of carbonyl (C=O) groups excluding carboxylic acids is 1. The van der Waals surface area contributed by atoms with E-state index >= 15 is 0 Å². The molecule has 8 heteroatoms. The monoisotopic (exact) mass is 473 g/mol. The number of likely N-dealkylation sites (tertiary alicyclic amines) is 1. The molecule has 33 heavy (non-hydrogen) atoms. The van der Waals surface area contributed by atoms with Gasteiger partial charge in [-0.15, -0.1) is 0 Å². The zero-order valence-corrected chi connectivity index (χ0v) is 19.6. The molecule has 1 heterocycles. The SMILES string of the molecule is O=C(CN1CCC(NS(=O)(=O)c2ccc(F)cc2)CC1)NC(c1ccccc1)C1CCCC1. The van der Waals surface area contributed by atoms with Crippen molar-refractivity contribution in [2.24, 2.45) is 5.92 Å². The van der Waals surface area contributed by atoms with Gasteiger partial charge in [-0.2, -0.15) is 0 Å². The van der Waals surface area contributed by atoms with Crippen molar-refractivity contribution in [3.8, 4) is 0 Å². The van der Waals surface area contributed by atoms with Crippen LogP contribution in [0, 0.1) is 11.7 Å². The summed E-state index contributed by atoms with van der Waals surface area (Å²) in [6.07, 6.45) is 5.95. The molecule has 1 aliphatic carbocycles. The summed E-state index contributed by atoms with van der Waals surface area (Å²) in [6.45, 7) is 1.60. The summed E-state index contributed by atoms with van der Waals surface area (Å²) in [4.78, 5) is 15.0. The maximum Gasteiger partial charge on any atom is 0.240 e. The number of carbonyl (C=O) groups is 1. The van der Waals surface area contributed by atoms with Crippen LogP contribution >= 0.6 is 0 Å². The zero-order valence-electron chi connectivity index (χ0n) is 18.8. The highest BCUT2D eigenvalue weighted by molar-refractivity contribution is 7.89. The van der Waals surface area contributed by atoms with Crippen molar-refractivity contribution < 1.29 is 17.6 Å². The number of hydrogen-bond acceptors (Lipinski definition) is 4. The smallest absolute Gasteiger partial charge is 0.240 e. The minimum absolute atomic E-state index is 0.0149. The molecule has 2 aromatic rings. The fourth-order valence-corrected chi connectivity index (χ4v) is 6.26. The average Bonchev–Trinajstić information content (AvgIpc) is 3.34. The van der Waals surface area contributed by atoms with Gasteiger partial charge in [0.15, 0.2) is 0 Å². The van der Waals surface area contributed by atoms with E-state index in [9.17, 15) is 17.6 Å². The molecule has 0 spiro atoms. The fraction of sp³-hybridized carbons (Fsp3) is 0.480. The van der Waals surface area contributed by atoms with Gasteiger partial charge in [0.2, 0.25) is 15.9 Å². The number of piperidine rings is 1. The quantitative estimate of drug-likeness (QED) is 0.614. The predicted octanol–water partition coefficient (Wildman–Crippen LogP) is 3.62. The Hall–Kier alpha value is -2.29. The number of hydrogen-bond donors (Lipinski definition) is 2. The van der Waals surface area contributed by atoms with Crippen LogP contribution in [0.3, 0.4) is 0 Å². The van der Waals surface area contributed by atoms with Crippen molar-refractivity contribution in [1.29, 1.82) is 0 Å². The Kier molecular flexibility index (Phi) is 7.78. The molecule has 0 aromatic heterocycles. The maximum absolute atomic E-state index is 13.1. The second-order valence-electron chi connectivity index (χ2n) is 9.13. The van der Waals surface area contributed by atoms with Crippen LogP contribution in [0.2, 0.25) is 0 Å². The van der Waals surface area contributed by atoms with Gasteiger partial charge in [-0.25, -0.2) is 17.5 Å². The molecule has 6 nitrogen and oxygen atoms in total. The molecular weight excluding hydrogens is 441 g/mol. The molecule has 1 saturated carbocycles. The van der Waals surface area contributed by atoms with Crippen LogP contribution in [0.25, 0.3) is 0 Å². The second-order valence-corrected chi connectivity index (χ2v) is 10.8. The van der Waals surface area contributed by atoms with Crippen molar-refractivity contribution >= 4 is 15.9 Å². The third-order valence-corrected chi connectivity index (χ3v) is 8.28. The van der Waals surface area contributed by atoms with Crippen molar-refractivity contribution in [1.82, 2.24) is 14.9 Å². The minimum atomic E-state index is -3.69. The maximum atomic E-state index is 13.1. The number of halogens is 1. The molecule has 2 fully saturated rings. The molecule has 1 unspecified atom stereocenters. The van der Waals surface area contributed by atoms with Gasteiger partial charge < -0.3 is 5.32 Å². The number of sulfonamides is 1. The molecule has 1 aliphatic heterocycles. The van der Waals surface area contributed by atoms with Crippen molar-refractivity contribution in [3.63, 3.8) is 0 Å². The number of benzene rings is 2. The van der Waals surface area contributed by atoms with E-state index < -0.39 is 15.8 Å². The van der Waals surface area contributed by atoms with Gasteiger partial charge in [-0.3, -0.25) is 9.69 Å². The molecule has 2 aliphatic rings. The molecule has 1 amide bonds. The van der Waals surface area contributed by atoms with Gasteiger partial charge in [0, 0.05) is 19.1 Å². The summed E-state index contributed by atoms with van der Waals surface area (Å²) in [5.41, 5.74) is 1.16. The fourth-order valence-electron chi connectivity index (χ4n) is 4.96. The van der Waals surface area contributed by atoms with Gasteiger partial charge in [-0.1, -0.05) is 43.2 Å². The lowest BCUT2D eigenvalue weighted by Crippen LogP contribution is -2.48. The van der Waals surface area contributed by atoms with Crippen LogP contribution in [0.4, 0.5) is 4.39 Å². The normalized spacial score (nSPS) is 19.4. The third kappa shape index (κ3) is 6.40. The molecule has 0 radical (unpaired) electrons. The Bertz CT molecular complexity index is 1020. The molecule has 178 valence electrons. The van der Waals surface area contributed by atoms with E-state index in [1.165, 1.54) is 25.0 Å². The van der Waals surface area contributed by atoms with E-state index in [1.807, 2.05) is 18.2 Å². The first kappa shape index (κ1) is 23.9. The Balaban J connectivity index is 1.28. The first-order valence-corrected chi connectivity index (χ1v) is 13.2. The summed E-state index contributed by atoms with van der Waals surface area (Å²) in [5.74, 6) is 0.0204. The summed E-state index contributed by atoms with van der Waals surface area (Å²) in [5, 5.41) is 3.28. The molecule has 2 N–H and O–H groups in total. The zero-order chi connectivity index (χ0) is 23.3. The molecule has 1 saturated heterocycles. The number of amides is 1. The Morgan fingerprint density at radius 1 is 0.970 bits per heavy atom. The Morgan fingerprint density at radius 2 is 1.61 bits per heavy atom. The third-order valence-electron chi connectivity index (χ3n) is 6.75. The molecule has 0 bridgehead atoms. The lowest BCUT2D eigenvalue weighted by molar-refractivity contribution is -0.123. The number of rotatable bonds is 8. The van der Waals surface area contributed by atoms with Crippen molar-refractivity contribution in [2.45, 2.75) is 55.5 Å². The standard InChI is InChI=1S/C25H32FN3O3S/c26-21-10-12-23(13-11-21)33(31,32)28-22-14-16-29(17-15-22)18-24(30)27-25(20-8-4-5-9-20)19-6-2-1-3-7-19/h1-3,6-7,10-13,20,22,25,28H,4-5,8-9,14-18H2,(H,27,30). The molecule has 1 atom stereocenters. The van der Waals surface area contributed by atoms with E-state index in [-0.39, 0.29) is 22.9 Å². The summed E-state index contributed by atoms with van der Waals surface area (Å²) in [6, 6.07) is 14.9. The Morgan fingerprint density at radius 3 is 2.24 bits per heavy atom. The first-order chi connectivity index (χ1) is 15.9. The summed E-state index contributed by atoms with van der Waals surface area (Å²) >= 11 is 0. The minimum Gasteiger partial charge on any atom is -0.348 e. The van der Waals surface area contributed by atoms with E-state index in [1.54, 1.807) is 0 Å². The first-order valence-electron chi connectivity index (χ1n) is 11.8. The highest BCUT2D eigenvalue weighted by atomic mass is 32.2. The lowest BCUT2D eigenvalue weighted by atomic mass is 9.91. The number of nitrogens with zero attached hydrogens (tertiary/aromatic N) is 1. The van der Waals surface area contributed by atoms with Gasteiger partial charge in [0.1, 0.15) is 5.82 Å². The van der Waals surface area contributed by atoms with Crippen LogP contribution in [0.5, 0.6) is 0 Å². The van der Waals surface area contributed by atoms with E-state index in [0.29, 0.717) is 38.4 Å². The number of nitrogens with one attached hydrogen (secondary N) is 2. The van der Waals surface area contributed by atoms with Crippen LogP contribution < -0.4 is 10.0 Å². The largest absolute Gasteiger partial charge is 0.348 e. The van der Waals surface area contributed by atoms with E-state index in [4.69, 9.17) is 0 Å². The topological polar surface area (TPSA) is 78.5 Å². The highest BCUT2D eigenvalue weighted by Crippen LogP contribution is 2.35. The van der Waals surface area contributed by atoms with Crippen molar-refractivity contribution in [3.05, 3.63) is 66.0 Å². The van der Waals surface area contributed by atoms with Gasteiger partial charge in [-0.05, 0) is 61.4 Å². The van der Waals surface area contributed by atoms with E-state index in [2.05, 4.69) is 27.1 Å². The molecular formula is C25H32FN3O3S. The molecule has 4 rings (SSSR count). The van der Waals surface area contributed by atoms with Crippen LogP contribution in [-0.2, 0) is 14.8 Å². The second kappa shape index (κ2) is 10.8. The van der Waals surface area contributed by atoms with Crippen LogP contribution in [0.1, 0.15) is 50.1 Å². The Labute approximate surface area is 195 Å². The molecule has 2 aromatic carbocycles.